The molecule has 104 valence electrons. The molecule has 0 spiro atoms. The van der Waals surface area contributed by atoms with E-state index in [1.54, 1.807) is 0 Å². The quantitative estimate of drug-likeness (QED) is 0.830. The van der Waals surface area contributed by atoms with Crippen LogP contribution in [0.25, 0.3) is 0 Å². The van der Waals surface area contributed by atoms with E-state index in [0.29, 0.717) is 12.1 Å². The number of likely N-dealkylation sites (tertiary alicyclic amines) is 1. The van der Waals surface area contributed by atoms with E-state index in [1.807, 2.05) is 24.1 Å². The van der Waals surface area contributed by atoms with E-state index in [9.17, 15) is 4.79 Å². The molecule has 19 heavy (non-hydrogen) atoms. The Morgan fingerprint density at radius 2 is 2.05 bits per heavy atom. The van der Waals surface area contributed by atoms with Crippen LogP contribution in [0.1, 0.15) is 36.8 Å². The first-order valence-electron chi connectivity index (χ1n) is 7.24. The number of amides is 1. The molecule has 1 amide bonds. The second kappa shape index (κ2) is 4.67. The lowest BCUT2D eigenvalue weighted by molar-refractivity contribution is 0.0643. The highest BCUT2D eigenvalue weighted by Crippen LogP contribution is 2.32. The van der Waals surface area contributed by atoms with Crippen molar-refractivity contribution in [3.63, 3.8) is 0 Å². The van der Waals surface area contributed by atoms with Crippen LogP contribution in [0, 0.1) is 5.92 Å². The second-order valence-corrected chi connectivity index (χ2v) is 6.29. The molecule has 0 radical (unpaired) electrons. The minimum absolute atomic E-state index is 0.164. The number of rotatable bonds is 3. The molecule has 1 aromatic rings. The third-order valence-electron chi connectivity index (χ3n) is 4.53. The van der Waals surface area contributed by atoms with Crippen molar-refractivity contribution < 1.29 is 4.79 Å². The molecule has 2 atom stereocenters. The van der Waals surface area contributed by atoms with Gasteiger partial charge in [0.1, 0.15) is 5.69 Å². The molecule has 3 heterocycles. The zero-order valence-electron chi connectivity index (χ0n) is 12.0. The van der Waals surface area contributed by atoms with Gasteiger partial charge in [0.15, 0.2) is 0 Å². The third-order valence-corrected chi connectivity index (χ3v) is 4.53. The Balaban J connectivity index is 1.79. The van der Waals surface area contributed by atoms with E-state index in [2.05, 4.69) is 29.5 Å². The lowest BCUT2D eigenvalue weighted by Crippen LogP contribution is -2.48. The Labute approximate surface area is 115 Å². The van der Waals surface area contributed by atoms with Crippen LogP contribution in [0.15, 0.2) is 18.3 Å². The van der Waals surface area contributed by atoms with Crippen LogP contribution in [0.2, 0.25) is 0 Å². The van der Waals surface area contributed by atoms with E-state index in [1.165, 1.54) is 6.42 Å². The smallest absolute Gasteiger partial charge is 0.270 e. The summed E-state index contributed by atoms with van der Waals surface area (Å²) >= 11 is 0. The van der Waals surface area contributed by atoms with Gasteiger partial charge in [0.25, 0.3) is 5.91 Å². The SMILES string of the molecule is CC(C)CCN1CC2C(C1)n1cccc1C(=O)N2C. The molecule has 4 nitrogen and oxygen atoms in total. The normalized spacial score (nSPS) is 26.9. The maximum atomic E-state index is 12.3. The first kappa shape index (κ1) is 12.7. The fourth-order valence-electron chi connectivity index (χ4n) is 3.32. The number of nitrogens with zero attached hydrogens (tertiary/aromatic N) is 3. The minimum atomic E-state index is 0.164. The molecule has 0 bridgehead atoms. The molecule has 1 aromatic heterocycles. The van der Waals surface area contributed by atoms with Crippen LogP contribution in [0.4, 0.5) is 0 Å². The van der Waals surface area contributed by atoms with E-state index < -0.39 is 0 Å². The van der Waals surface area contributed by atoms with Crippen LogP contribution < -0.4 is 0 Å². The average molecular weight is 261 g/mol. The van der Waals surface area contributed by atoms with Crippen molar-refractivity contribution in [2.45, 2.75) is 32.4 Å². The summed E-state index contributed by atoms with van der Waals surface area (Å²) in [6, 6.07) is 4.69. The Kier molecular flexibility index (Phi) is 3.13. The van der Waals surface area contributed by atoms with E-state index in [4.69, 9.17) is 0 Å². The van der Waals surface area contributed by atoms with Gasteiger partial charge in [-0.2, -0.15) is 0 Å². The van der Waals surface area contributed by atoms with Crippen molar-refractivity contribution >= 4 is 5.91 Å². The number of hydrogen-bond acceptors (Lipinski definition) is 2. The minimum Gasteiger partial charge on any atom is -0.337 e. The van der Waals surface area contributed by atoms with Gasteiger partial charge in [-0.15, -0.1) is 0 Å². The molecule has 0 N–H and O–H groups in total. The van der Waals surface area contributed by atoms with Gasteiger partial charge in [-0.25, -0.2) is 0 Å². The average Bonchev–Trinajstić information content (AvgIpc) is 2.99. The zero-order chi connectivity index (χ0) is 13.6. The maximum absolute atomic E-state index is 12.3. The maximum Gasteiger partial charge on any atom is 0.270 e. The van der Waals surface area contributed by atoms with Gasteiger partial charge in [0, 0.05) is 26.3 Å². The molecular formula is C15H23N3O. The first-order chi connectivity index (χ1) is 9.08. The summed E-state index contributed by atoms with van der Waals surface area (Å²) in [5.74, 6) is 0.904. The fraction of sp³-hybridized carbons (Fsp3) is 0.667. The molecule has 3 rings (SSSR count). The number of carbonyl (C=O) groups excluding carboxylic acids is 1. The van der Waals surface area contributed by atoms with Crippen molar-refractivity contribution in [1.82, 2.24) is 14.4 Å². The van der Waals surface area contributed by atoms with E-state index in [0.717, 1.165) is 31.2 Å². The lowest BCUT2D eigenvalue weighted by atomic mass is 10.1. The Bertz CT molecular complexity index is 479. The second-order valence-electron chi connectivity index (χ2n) is 6.29. The highest BCUT2D eigenvalue weighted by atomic mass is 16.2. The topological polar surface area (TPSA) is 28.5 Å². The van der Waals surface area contributed by atoms with Gasteiger partial charge >= 0.3 is 0 Å². The predicted molar refractivity (Wildman–Crippen MR) is 75.2 cm³/mol. The van der Waals surface area contributed by atoms with Gasteiger partial charge < -0.3 is 9.47 Å². The van der Waals surface area contributed by atoms with Crippen LogP contribution in [-0.2, 0) is 0 Å². The molecule has 2 aliphatic rings. The predicted octanol–water partition coefficient (Wildman–Crippen LogP) is 1.85. The summed E-state index contributed by atoms with van der Waals surface area (Å²) in [6.45, 7) is 7.75. The van der Waals surface area contributed by atoms with Crippen molar-refractivity contribution in [1.29, 1.82) is 0 Å². The van der Waals surface area contributed by atoms with Gasteiger partial charge in [-0.05, 0) is 31.0 Å². The highest BCUT2D eigenvalue weighted by molar-refractivity contribution is 5.93. The van der Waals surface area contributed by atoms with E-state index >= 15 is 0 Å². The van der Waals surface area contributed by atoms with Gasteiger partial charge in [0.2, 0.25) is 0 Å². The molecule has 4 heteroatoms. The summed E-state index contributed by atoms with van der Waals surface area (Å²) in [5.41, 5.74) is 0.842. The summed E-state index contributed by atoms with van der Waals surface area (Å²) in [7, 11) is 1.95. The van der Waals surface area contributed by atoms with Crippen LogP contribution >= 0.6 is 0 Å². The number of likely N-dealkylation sites (N-methyl/N-ethyl adjacent to an activating group) is 1. The first-order valence-corrected chi connectivity index (χ1v) is 7.24. The van der Waals surface area contributed by atoms with Crippen molar-refractivity contribution in [3.8, 4) is 0 Å². The lowest BCUT2D eigenvalue weighted by Gasteiger charge is -2.35. The number of aromatic nitrogens is 1. The molecule has 0 saturated carbocycles. The number of carbonyl (C=O) groups is 1. The van der Waals surface area contributed by atoms with Crippen molar-refractivity contribution in [2.24, 2.45) is 5.92 Å². The molecular weight excluding hydrogens is 238 g/mol. The van der Waals surface area contributed by atoms with Crippen LogP contribution in [0.3, 0.4) is 0 Å². The molecule has 0 aliphatic carbocycles. The number of hydrogen-bond donors (Lipinski definition) is 0. The Morgan fingerprint density at radius 1 is 1.32 bits per heavy atom. The molecule has 2 unspecified atom stereocenters. The van der Waals surface area contributed by atoms with Crippen molar-refractivity contribution in [3.05, 3.63) is 24.0 Å². The third kappa shape index (κ3) is 2.08. The number of fused-ring (bicyclic) bond motifs is 3. The Hall–Kier alpha value is -1.29. The summed E-state index contributed by atoms with van der Waals surface area (Å²) in [4.78, 5) is 16.7. The largest absolute Gasteiger partial charge is 0.337 e. The van der Waals surface area contributed by atoms with Gasteiger partial charge in [-0.1, -0.05) is 13.8 Å². The fourth-order valence-corrected chi connectivity index (χ4v) is 3.32. The van der Waals surface area contributed by atoms with E-state index in [-0.39, 0.29) is 5.91 Å². The molecule has 0 aromatic carbocycles. The van der Waals surface area contributed by atoms with Crippen LogP contribution in [0.5, 0.6) is 0 Å². The summed E-state index contributed by atoms with van der Waals surface area (Å²) in [6.07, 6.45) is 3.29. The Morgan fingerprint density at radius 3 is 2.79 bits per heavy atom. The monoisotopic (exact) mass is 261 g/mol. The highest BCUT2D eigenvalue weighted by Gasteiger charge is 2.43. The molecule has 1 fully saturated rings. The molecule has 2 aliphatic heterocycles. The summed E-state index contributed by atoms with van der Waals surface area (Å²) < 4.78 is 2.18. The standard InChI is InChI=1S/C15H23N3O/c1-11(2)6-8-17-9-13-14(10-17)18-7-4-5-12(18)15(19)16(13)3/h4-5,7,11,13-14H,6,8-10H2,1-3H3. The van der Waals surface area contributed by atoms with Crippen LogP contribution in [-0.4, -0.2) is 53.0 Å². The zero-order valence-corrected chi connectivity index (χ0v) is 12.0. The molecule has 1 saturated heterocycles. The van der Waals surface area contributed by atoms with Gasteiger partial charge in [0.05, 0.1) is 12.1 Å². The van der Waals surface area contributed by atoms with Crippen molar-refractivity contribution in [2.75, 3.05) is 26.7 Å². The van der Waals surface area contributed by atoms with Gasteiger partial charge in [-0.3, -0.25) is 9.69 Å². The summed E-state index contributed by atoms with van der Waals surface area (Å²) in [5, 5.41) is 0.